The van der Waals surface area contributed by atoms with Crippen LogP contribution in [0.15, 0.2) is 23.1 Å². The lowest BCUT2D eigenvalue weighted by Gasteiger charge is -2.30. The van der Waals surface area contributed by atoms with Gasteiger partial charge in [0.05, 0.1) is 4.90 Å². The molecule has 23 heavy (non-hydrogen) atoms. The smallest absolute Gasteiger partial charge is 0.252 e. The molecule has 128 valence electrons. The molecule has 0 unspecified atom stereocenters. The molecule has 0 aromatic heterocycles. The predicted molar refractivity (Wildman–Crippen MR) is 89.1 cm³/mol. The number of anilines is 1. The zero-order valence-corrected chi connectivity index (χ0v) is 14.7. The second-order valence-electron chi connectivity index (χ2n) is 5.46. The SMILES string of the molecule is CCN(CC)S(=O)(=O)c1ccc2c(c1)CCCN2C(=O)COC. The summed E-state index contributed by atoms with van der Waals surface area (Å²) in [5.74, 6) is -0.104. The van der Waals surface area contributed by atoms with E-state index in [4.69, 9.17) is 4.74 Å². The van der Waals surface area contributed by atoms with Gasteiger partial charge in [-0.05, 0) is 36.6 Å². The largest absolute Gasteiger partial charge is 0.375 e. The zero-order valence-electron chi connectivity index (χ0n) is 13.9. The predicted octanol–water partition coefficient (Wildman–Crippen LogP) is 1.64. The molecule has 1 aromatic rings. The standard InChI is InChI=1S/C16H24N2O4S/c1-4-17(5-2)23(20,21)14-8-9-15-13(11-14)7-6-10-18(15)16(19)12-22-3/h8-9,11H,4-7,10,12H2,1-3H3. The van der Waals surface area contributed by atoms with Crippen LogP contribution in [-0.2, 0) is 26.0 Å². The van der Waals surface area contributed by atoms with Crippen molar-refractivity contribution >= 4 is 21.6 Å². The van der Waals surface area contributed by atoms with Gasteiger partial charge in [-0.2, -0.15) is 4.31 Å². The van der Waals surface area contributed by atoms with E-state index in [0.717, 1.165) is 24.1 Å². The van der Waals surface area contributed by atoms with Gasteiger partial charge in [0.2, 0.25) is 10.0 Å². The first-order valence-corrected chi connectivity index (χ1v) is 9.32. The summed E-state index contributed by atoms with van der Waals surface area (Å²) in [6.45, 7) is 5.19. The molecule has 0 saturated carbocycles. The summed E-state index contributed by atoms with van der Waals surface area (Å²) in [6.07, 6.45) is 1.59. The Labute approximate surface area is 138 Å². The molecular formula is C16H24N2O4S. The van der Waals surface area contributed by atoms with Crippen molar-refractivity contribution in [1.82, 2.24) is 4.31 Å². The molecule has 1 heterocycles. The number of aryl methyl sites for hydroxylation is 1. The number of fused-ring (bicyclic) bond motifs is 1. The molecule has 1 aliphatic rings. The van der Waals surface area contributed by atoms with Crippen molar-refractivity contribution in [3.8, 4) is 0 Å². The van der Waals surface area contributed by atoms with Crippen LogP contribution in [0.1, 0.15) is 25.8 Å². The Hall–Kier alpha value is -1.44. The molecule has 6 nitrogen and oxygen atoms in total. The van der Waals surface area contributed by atoms with E-state index in [-0.39, 0.29) is 12.5 Å². The molecule has 0 spiro atoms. The summed E-state index contributed by atoms with van der Waals surface area (Å²) in [6, 6.07) is 5.03. The summed E-state index contributed by atoms with van der Waals surface area (Å²) < 4.78 is 31.6. The number of methoxy groups -OCH3 is 1. The Bertz CT molecular complexity index is 669. The topological polar surface area (TPSA) is 66.9 Å². The van der Waals surface area contributed by atoms with Crippen LogP contribution in [0.3, 0.4) is 0 Å². The number of hydrogen-bond donors (Lipinski definition) is 0. The van der Waals surface area contributed by atoms with Gasteiger partial charge < -0.3 is 9.64 Å². The average Bonchev–Trinajstić information content (AvgIpc) is 2.54. The Morgan fingerprint density at radius 1 is 1.30 bits per heavy atom. The van der Waals surface area contributed by atoms with Gasteiger partial charge in [-0.15, -0.1) is 0 Å². The Kier molecular flexibility index (Phi) is 5.78. The lowest BCUT2D eigenvalue weighted by Crippen LogP contribution is -2.38. The minimum Gasteiger partial charge on any atom is -0.375 e. The highest BCUT2D eigenvalue weighted by atomic mass is 32.2. The number of carbonyl (C=O) groups is 1. The Balaban J connectivity index is 2.38. The minimum atomic E-state index is -3.48. The molecule has 0 bridgehead atoms. The molecule has 0 radical (unpaired) electrons. The molecule has 0 aliphatic carbocycles. The quantitative estimate of drug-likeness (QED) is 0.790. The van der Waals surface area contributed by atoms with Crippen molar-refractivity contribution in [2.24, 2.45) is 0 Å². The molecule has 1 aromatic carbocycles. The lowest BCUT2D eigenvalue weighted by atomic mass is 10.0. The minimum absolute atomic E-state index is 0.0267. The maximum Gasteiger partial charge on any atom is 0.252 e. The van der Waals surface area contributed by atoms with Gasteiger partial charge in [-0.3, -0.25) is 4.79 Å². The molecule has 0 atom stereocenters. The summed E-state index contributed by atoms with van der Waals surface area (Å²) in [5.41, 5.74) is 1.69. The highest BCUT2D eigenvalue weighted by molar-refractivity contribution is 7.89. The van der Waals surface area contributed by atoms with Gasteiger partial charge in [0.1, 0.15) is 6.61 Å². The van der Waals surface area contributed by atoms with Crippen molar-refractivity contribution < 1.29 is 17.9 Å². The van der Waals surface area contributed by atoms with E-state index in [1.807, 2.05) is 13.8 Å². The van der Waals surface area contributed by atoms with E-state index >= 15 is 0 Å². The van der Waals surface area contributed by atoms with Crippen LogP contribution in [0.25, 0.3) is 0 Å². The molecule has 0 fully saturated rings. The third-order valence-electron chi connectivity index (χ3n) is 4.08. The van der Waals surface area contributed by atoms with Crippen LogP contribution in [0, 0.1) is 0 Å². The number of nitrogens with zero attached hydrogens (tertiary/aromatic N) is 2. The maximum atomic E-state index is 12.6. The highest BCUT2D eigenvalue weighted by Gasteiger charge is 2.26. The van der Waals surface area contributed by atoms with Gasteiger partial charge in [-0.25, -0.2) is 8.42 Å². The summed E-state index contributed by atoms with van der Waals surface area (Å²) in [5, 5.41) is 0. The van der Waals surface area contributed by atoms with Gasteiger partial charge in [-0.1, -0.05) is 13.8 Å². The van der Waals surface area contributed by atoms with Gasteiger partial charge in [0, 0.05) is 32.4 Å². The third-order valence-corrected chi connectivity index (χ3v) is 6.13. The summed E-state index contributed by atoms with van der Waals surface area (Å²) in [7, 11) is -1.99. The number of sulfonamides is 1. The molecule has 1 aliphatic heterocycles. The molecular weight excluding hydrogens is 316 g/mol. The summed E-state index contributed by atoms with van der Waals surface area (Å²) in [4.78, 5) is 14.1. The zero-order chi connectivity index (χ0) is 17.0. The fraction of sp³-hybridized carbons (Fsp3) is 0.562. The van der Waals surface area contributed by atoms with E-state index < -0.39 is 10.0 Å². The molecule has 7 heteroatoms. The van der Waals surface area contributed by atoms with Gasteiger partial charge >= 0.3 is 0 Å². The normalized spacial score (nSPS) is 14.9. The van der Waals surface area contributed by atoms with E-state index in [1.54, 1.807) is 23.1 Å². The van der Waals surface area contributed by atoms with Crippen LogP contribution < -0.4 is 4.90 Å². The fourth-order valence-corrected chi connectivity index (χ4v) is 4.42. The first kappa shape index (κ1) is 17.9. The Morgan fingerprint density at radius 3 is 2.61 bits per heavy atom. The number of rotatable bonds is 6. The third kappa shape index (κ3) is 3.57. The number of amides is 1. The van der Waals surface area contributed by atoms with E-state index in [0.29, 0.717) is 24.5 Å². The first-order chi connectivity index (χ1) is 11.0. The molecule has 0 N–H and O–H groups in total. The number of hydrogen-bond acceptors (Lipinski definition) is 4. The van der Waals surface area contributed by atoms with Crippen molar-refractivity contribution in [1.29, 1.82) is 0 Å². The van der Waals surface area contributed by atoms with E-state index in [9.17, 15) is 13.2 Å². The second-order valence-corrected chi connectivity index (χ2v) is 7.40. The van der Waals surface area contributed by atoms with Crippen LogP contribution in [0.4, 0.5) is 5.69 Å². The molecule has 2 rings (SSSR count). The molecule has 1 amide bonds. The Morgan fingerprint density at radius 2 is 2.00 bits per heavy atom. The molecule has 0 saturated heterocycles. The van der Waals surface area contributed by atoms with Crippen LogP contribution in [0.2, 0.25) is 0 Å². The number of carbonyl (C=O) groups excluding carboxylic acids is 1. The maximum absolute atomic E-state index is 12.6. The van der Waals surface area contributed by atoms with Gasteiger partial charge in [0.25, 0.3) is 5.91 Å². The monoisotopic (exact) mass is 340 g/mol. The second kappa shape index (κ2) is 7.42. The average molecular weight is 340 g/mol. The van der Waals surface area contributed by atoms with Crippen molar-refractivity contribution in [2.75, 3.05) is 38.3 Å². The van der Waals surface area contributed by atoms with Gasteiger partial charge in [0.15, 0.2) is 0 Å². The van der Waals surface area contributed by atoms with Crippen LogP contribution in [0.5, 0.6) is 0 Å². The van der Waals surface area contributed by atoms with Crippen molar-refractivity contribution in [3.63, 3.8) is 0 Å². The van der Waals surface area contributed by atoms with Crippen LogP contribution in [-0.4, -0.2) is 52.0 Å². The fourth-order valence-electron chi connectivity index (χ4n) is 2.91. The highest BCUT2D eigenvalue weighted by Crippen LogP contribution is 2.30. The number of benzene rings is 1. The van der Waals surface area contributed by atoms with Crippen molar-refractivity contribution in [3.05, 3.63) is 23.8 Å². The summed E-state index contributed by atoms with van der Waals surface area (Å²) >= 11 is 0. The van der Waals surface area contributed by atoms with Crippen molar-refractivity contribution in [2.45, 2.75) is 31.6 Å². The van der Waals surface area contributed by atoms with E-state index in [1.165, 1.54) is 11.4 Å². The number of ether oxygens (including phenoxy) is 1. The lowest BCUT2D eigenvalue weighted by molar-refractivity contribution is -0.122. The van der Waals surface area contributed by atoms with Crippen LogP contribution >= 0.6 is 0 Å². The first-order valence-electron chi connectivity index (χ1n) is 7.88. The van der Waals surface area contributed by atoms with E-state index in [2.05, 4.69) is 0 Å².